The van der Waals surface area contributed by atoms with E-state index in [4.69, 9.17) is 14.2 Å². The first-order valence-electron chi connectivity index (χ1n) is 34.2. The summed E-state index contributed by atoms with van der Waals surface area (Å²) >= 11 is 0. The molecule has 0 aliphatic carbocycles. The van der Waals surface area contributed by atoms with E-state index < -0.39 is 6.10 Å². The Bertz CT molecular complexity index is 1730. The molecule has 82 heavy (non-hydrogen) atoms. The van der Waals surface area contributed by atoms with Gasteiger partial charge in [0, 0.05) is 19.3 Å². The molecule has 0 saturated carbocycles. The van der Waals surface area contributed by atoms with Crippen molar-refractivity contribution in [2.24, 2.45) is 0 Å². The summed E-state index contributed by atoms with van der Waals surface area (Å²) in [5.74, 6) is -0.891. The molecule has 0 bridgehead atoms. The van der Waals surface area contributed by atoms with Crippen LogP contribution in [0.1, 0.15) is 310 Å². The van der Waals surface area contributed by atoms with Gasteiger partial charge in [-0.1, -0.05) is 309 Å². The zero-order chi connectivity index (χ0) is 59.2. The summed E-state index contributed by atoms with van der Waals surface area (Å²) in [5, 5.41) is 0. The normalized spacial score (nSPS) is 13.0. The van der Waals surface area contributed by atoms with Crippen LogP contribution in [0.2, 0.25) is 0 Å². The molecule has 466 valence electrons. The molecule has 0 fully saturated rings. The Hall–Kier alpha value is -4.45. The third-order valence-electron chi connectivity index (χ3n) is 14.4. The van der Waals surface area contributed by atoms with E-state index in [0.717, 1.165) is 135 Å². The fraction of sp³-hybridized carbons (Fsp3) is 0.671. The van der Waals surface area contributed by atoms with E-state index in [1.54, 1.807) is 0 Å². The number of esters is 3. The van der Waals surface area contributed by atoms with E-state index in [9.17, 15) is 14.4 Å². The van der Waals surface area contributed by atoms with Crippen molar-refractivity contribution in [2.75, 3.05) is 13.2 Å². The first-order chi connectivity index (χ1) is 40.5. The lowest BCUT2D eigenvalue weighted by Crippen LogP contribution is -2.30. The summed E-state index contributed by atoms with van der Waals surface area (Å²) in [5.41, 5.74) is 0. The predicted molar refractivity (Wildman–Crippen MR) is 357 cm³/mol. The van der Waals surface area contributed by atoms with Crippen LogP contribution in [-0.2, 0) is 28.6 Å². The highest BCUT2D eigenvalue weighted by molar-refractivity contribution is 5.71. The molecule has 6 heteroatoms. The Morgan fingerprint density at radius 2 is 0.476 bits per heavy atom. The maximum Gasteiger partial charge on any atom is 0.306 e. The number of carbonyl (C=O) groups excluding carboxylic acids is 3. The van der Waals surface area contributed by atoms with Crippen molar-refractivity contribution in [3.05, 3.63) is 134 Å². The molecule has 1 unspecified atom stereocenters. The van der Waals surface area contributed by atoms with Crippen molar-refractivity contribution in [1.82, 2.24) is 0 Å². The van der Waals surface area contributed by atoms with Crippen LogP contribution in [0.15, 0.2) is 134 Å². The summed E-state index contributed by atoms with van der Waals surface area (Å²) in [6.45, 7) is 6.41. The lowest BCUT2D eigenvalue weighted by atomic mass is 10.0. The third kappa shape index (κ3) is 66.4. The van der Waals surface area contributed by atoms with E-state index >= 15 is 0 Å². The van der Waals surface area contributed by atoms with Crippen LogP contribution in [0.4, 0.5) is 0 Å². The van der Waals surface area contributed by atoms with E-state index in [2.05, 4.69) is 154 Å². The molecule has 0 N–H and O–H groups in total. The Kier molecular flexibility index (Phi) is 65.3. The van der Waals surface area contributed by atoms with Gasteiger partial charge < -0.3 is 14.2 Å². The average Bonchev–Trinajstić information content (AvgIpc) is 3.47. The zero-order valence-corrected chi connectivity index (χ0v) is 53.5. The molecule has 0 aromatic heterocycles. The molecule has 0 heterocycles. The fourth-order valence-corrected chi connectivity index (χ4v) is 9.36. The highest BCUT2D eigenvalue weighted by atomic mass is 16.6. The highest BCUT2D eigenvalue weighted by Gasteiger charge is 2.19. The van der Waals surface area contributed by atoms with Crippen molar-refractivity contribution in [1.29, 1.82) is 0 Å². The van der Waals surface area contributed by atoms with E-state index in [1.165, 1.54) is 135 Å². The maximum atomic E-state index is 12.9. The topological polar surface area (TPSA) is 78.9 Å². The highest BCUT2D eigenvalue weighted by Crippen LogP contribution is 2.16. The Balaban J connectivity index is 4.24. The first-order valence-corrected chi connectivity index (χ1v) is 34.2. The number of hydrogen-bond donors (Lipinski definition) is 0. The van der Waals surface area contributed by atoms with Crippen LogP contribution in [0.5, 0.6) is 0 Å². The third-order valence-corrected chi connectivity index (χ3v) is 14.4. The van der Waals surface area contributed by atoms with Crippen LogP contribution in [0.25, 0.3) is 0 Å². The van der Waals surface area contributed by atoms with Crippen molar-refractivity contribution in [2.45, 2.75) is 316 Å². The fourth-order valence-electron chi connectivity index (χ4n) is 9.36. The van der Waals surface area contributed by atoms with Gasteiger partial charge in [-0.25, -0.2) is 0 Å². The molecule has 0 aromatic carbocycles. The van der Waals surface area contributed by atoms with Crippen LogP contribution >= 0.6 is 0 Å². The van der Waals surface area contributed by atoms with Crippen molar-refractivity contribution in [3.63, 3.8) is 0 Å². The number of unbranched alkanes of at least 4 members (excludes halogenated alkanes) is 28. The van der Waals surface area contributed by atoms with Gasteiger partial charge in [0.25, 0.3) is 0 Å². The standard InChI is InChI=1S/C76H126O6/c1-4-7-10-13-16-19-22-24-26-28-30-32-34-35-36-37-38-39-40-41-43-44-46-48-50-52-54-57-60-63-66-69-75(78)81-72-73(71-80-74(77)68-65-62-59-56-21-18-15-12-9-6-3)82-76(79)70-67-64-61-58-55-53-51-49-47-45-42-33-31-29-27-25-23-20-17-14-11-8-5-2/h7-8,10-11,16-17,19-20,24-27,30-33,35-36,38-39,45,47,73H,4-6,9,12-15,18,21-23,28-29,34,37,40-44,46,48-72H2,1-3H3/b10-7-,11-8-,19-16-,20-17-,26-24-,27-25-,32-30-,33-31-,36-35-,39-38-,47-45-. The number of rotatable bonds is 61. The molecule has 0 radical (unpaired) electrons. The molecule has 0 aliphatic heterocycles. The first kappa shape index (κ1) is 77.5. The van der Waals surface area contributed by atoms with E-state index in [0.29, 0.717) is 19.3 Å². The monoisotopic (exact) mass is 1130 g/mol. The molecule has 0 aromatic rings. The van der Waals surface area contributed by atoms with Gasteiger partial charge in [-0.3, -0.25) is 14.4 Å². The van der Waals surface area contributed by atoms with Crippen LogP contribution in [-0.4, -0.2) is 37.2 Å². The van der Waals surface area contributed by atoms with Crippen LogP contribution < -0.4 is 0 Å². The number of carbonyl (C=O) groups is 3. The lowest BCUT2D eigenvalue weighted by molar-refractivity contribution is -0.167. The van der Waals surface area contributed by atoms with Gasteiger partial charge in [0.2, 0.25) is 0 Å². The molecule has 6 nitrogen and oxygen atoms in total. The van der Waals surface area contributed by atoms with Crippen molar-refractivity contribution >= 4 is 17.9 Å². The van der Waals surface area contributed by atoms with Gasteiger partial charge in [-0.05, 0) is 116 Å². The minimum Gasteiger partial charge on any atom is -0.462 e. The predicted octanol–water partition coefficient (Wildman–Crippen LogP) is 23.7. The molecule has 0 spiro atoms. The van der Waals surface area contributed by atoms with Crippen molar-refractivity contribution < 1.29 is 28.6 Å². The second-order valence-electron chi connectivity index (χ2n) is 22.3. The Labute approximate surface area is 506 Å². The quantitative estimate of drug-likeness (QED) is 0.0261. The molecule has 0 saturated heterocycles. The number of allylic oxidation sites excluding steroid dienone is 22. The molecular formula is C76H126O6. The molecule has 0 rings (SSSR count). The largest absolute Gasteiger partial charge is 0.462 e. The van der Waals surface area contributed by atoms with Crippen LogP contribution in [0.3, 0.4) is 0 Å². The summed E-state index contributed by atoms with van der Waals surface area (Å²) in [7, 11) is 0. The minimum absolute atomic E-state index is 0.0830. The Morgan fingerprint density at radius 3 is 0.744 bits per heavy atom. The van der Waals surface area contributed by atoms with Gasteiger partial charge in [-0.15, -0.1) is 0 Å². The van der Waals surface area contributed by atoms with Gasteiger partial charge in [-0.2, -0.15) is 0 Å². The number of ether oxygens (including phenoxy) is 3. The SMILES string of the molecule is CC/C=C\C/C=C\C/C=C\C/C=C\C/C=C\C/C=C\CCCCCCCCCCCCCCC(=O)OCC(COC(=O)CCCCCCCCCCCC)OC(=O)CCCCCCCCC/C=C\C/C=C\C/C=C\C/C=C\C/C=C\CC. The average molecular weight is 1140 g/mol. The summed E-state index contributed by atoms with van der Waals surface area (Å²) < 4.78 is 16.9. The minimum atomic E-state index is -0.788. The van der Waals surface area contributed by atoms with E-state index in [1.807, 2.05) is 0 Å². The lowest BCUT2D eigenvalue weighted by Gasteiger charge is -2.18. The summed E-state index contributed by atoms with van der Waals surface area (Å²) in [6, 6.07) is 0. The molecule has 0 aliphatic rings. The zero-order valence-electron chi connectivity index (χ0n) is 53.5. The second-order valence-corrected chi connectivity index (χ2v) is 22.3. The maximum absolute atomic E-state index is 12.9. The molecule has 0 amide bonds. The van der Waals surface area contributed by atoms with E-state index in [-0.39, 0.29) is 31.1 Å². The van der Waals surface area contributed by atoms with Gasteiger partial charge in [0.1, 0.15) is 13.2 Å². The summed E-state index contributed by atoms with van der Waals surface area (Å²) in [6.07, 6.45) is 97.6. The van der Waals surface area contributed by atoms with Gasteiger partial charge in [0.15, 0.2) is 6.10 Å². The van der Waals surface area contributed by atoms with Gasteiger partial charge in [0.05, 0.1) is 0 Å². The van der Waals surface area contributed by atoms with Crippen molar-refractivity contribution in [3.8, 4) is 0 Å². The molecule has 1 atom stereocenters. The number of hydrogen-bond acceptors (Lipinski definition) is 6. The summed E-state index contributed by atoms with van der Waals surface area (Å²) in [4.78, 5) is 38.3. The Morgan fingerprint density at radius 1 is 0.256 bits per heavy atom. The van der Waals surface area contributed by atoms with Gasteiger partial charge >= 0.3 is 17.9 Å². The second kappa shape index (κ2) is 69.0. The molecular weight excluding hydrogens is 1010 g/mol. The van der Waals surface area contributed by atoms with Crippen LogP contribution in [0, 0.1) is 0 Å². The smallest absolute Gasteiger partial charge is 0.306 e.